The summed E-state index contributed by atoms with van der Waals surface area (Å²) in [5.41, 5.74) is 4.81. The van der Waals surface area contributed by atoms with Gasteiger partial charge in [-0.3, -0.25) is 14.2 Å². The van der Waals surface area contributed by atoms with E-state index in [2.05, 4.69) is 16.4 Å². The van der Waals surface area contributed by atoms with Crippen molar-refractivity contribution < 1.29 is 9.59 Å². The number of thioether (sulfide) groups is 1. The van der Waals surface area contributed by atoms with Crippen LogP contribution in [0.5, 0.6) is 0 Å². The van der Waals surface area contributed by atoms with Crippen molar-refractivity contribution in [2.75, 3.05) is 23.0 Å². The van der Waals surface area contributed by atoms with Crippen molar-refractivity contribution in [3.63, 3.8) is 0 Å². The Bertz CT molecular complexity index is 1330. The van der Waals surface area contributed by atoms with Gasteiger partial charge in [0.05, 0.1) is 0 Å². The molecule has 0 aliphatic carbocycles. The van der Waals surface area contributed by atoms with Crippen LogP contribution < -0.4 is 10.2 Å². The second-order valence-corrected chi connectivity index (χ2v) is 8.47. The van der Waals surface area contributed by atoms with Crippen molar-refractivity contribution in [1.29, 1.82) is 0 Å². The highest BCUT2D eigenvalue weighted by Gasteiger charge is 2.25. The minimum Gasteiger partial charge on any atom is -0.322 e. The molecule has 0 radical (unpaired) electrons. The van der Waals surface area contributed by atoms with Gasteiger partial charge in [-0.1, -0.05) is 36.0 Å². The number of anilines is 2. The summed E-state index contributed by atoms with van der Waals surface area (Å²) >= 11 is 1.54. The highest BCUT2D eigenvalue weighted by molar-refractivity contribution is 7.98. The SMILES string of the molecule is CSc1nccn1-c1cccc(C(=O)Nc2ccc(C(=O)N3CCc4ccccc43)cc2)c1. The van der Waals surface area contributed by atoms with Crippen LogP contribution in [0.15, 0.2) is 90.3 Å². The molecule has 0 saturated heterocycles. The molecule has 2 heterocycles. The van der Waals surface area contributed by atoms with Crippen molar-refractivity contribution in [2.45, 2.75) is 11.6 Å². The van der Waals surface area contributed by atoms with Gasteiger partial charge >= 0.3 is 0 Å². The normalized spacial score (nSPS) is 12.5. The van der Waals surface area contributed by atoms with Crippen LogP contribution in [0.1, 0.15) is 26.3 Å². The molecule has 1 aliphatic heterocycles. The molecule has 1 N–H and O–H groups in total. The van der Waals surface area contributed by atoms with Crippen LogP contribution in [0.3, 0.4) is 0 Å². The van der Waals surface area contributed by atoms with E-state index in [4.69, 9.17) is 0 Å². The summed E-state index contributed by atoms with van der Waals surface area (Å²) in [5, 5.41) is 3.77. The summed E-state index contributed by atoms with van der Waals surface area (Å²) in [6.07, 6.45) is 6.44. The van der Waals surface area contributed by atoms with Gasteiger partial charge in [-0.25, -0.2) is 4.98 Å². The van der Waals surface area contributed by atoms with E-state index in [-0.39, 0.29) is 11.8 Å². The maximum Gasteiger partial charge on any atom is 0.258 e. The number of para-hydroxylation sites is 1. The third kappa shape index (κ3) is 4.15. The van der Waals surface area contributed by atoms with Crippen molar-refractivity contribution >= 4 is 35.0 Å². The number of carbonyl (C=O) groups is 2. The predicted molar refractivity (Wildman–Crippen MR) is 132 cm³/mol. The maximum absolute atomic E-state index is 13.0. The lowest BCUT2D eigenvalue weighted by atomic mass is 10.1. The molecule has 1 aliphatic rings. The minimum absolute atomic E-state index is 0.0320. The van der Waals surface area contributed by atoms with Crippen LogP contribution in [-0.2, 0) is 6.42 Å². The molecular weight excluding hydrogens is 432 g/mol. The van der Waals surface area contributed by atoms with Crippen LogP contribution in [0.25, 0.3) is 5.69 Å². The standard InChI is InChI=1S/C26H22N4O2S/c1-33-26-27-14-16-29(26)22-7-4-6-20(17-22)24(31)28-21-11-9-19(10-12-21)25(32)30-15-13-18-5-2-3-8-23(18)30/h2-12,14,16-17H,13,15H2,1H3,(H,28,31). The summed E-state index contributed by atoms with van der Waals surface area (Å²) in [5.74, 6) is -0.245. The molecule has 7 heteroatoms. The Morgan fingerprint density at radius 2 is 1.79 bits per heavy atom. The number of carbonyl (C=O) groups excluding carboxylic acids is 2. The van der Waals surface area contributed by atoms with Crippen LogP contribution in [0, 0.1) is 0 Å². The van der Waals surface area contributed by atoms with Crippen molar-refractivity contribution in [2.24, 2.45) is 0 Å². The zero-order valence-corrected chi connectivity index (χ0v) is 18.9. The first-order valence-corrected chi connectivity index (χ1v) is 11.9. The number of imidazole rings is 1. The van der Waals surface area contributed by atoms with Gasteiger partial charge in [0.1, 0.15) is 0 Å². The summed E-state index contributed by atoms with van der Waals surface area (Å²) < 4.78 is 1.94. The number of nitrogens with zero attached hydrogens (tertiary/aromatic N) is 3. The van der Waals surface area contributed by atoms with Crippen LogP contribution in [0.4, 0.5) is 11.4 Å². The number of amides is 2. The molecule has 33 heavy (non-hydrogen) atoms. The average Bonchev–Trinajstić information content (AvgIpc) is 3.51. The minimum atomic E-state index is -0.213. The fourth-order valence-corrected chi connectivity index (χ4v) is 4.57. The lowest BCUT2D eigenvalue weighted by Gasteiger charge is -2.17. The third-order valence-electron chi connectivity index (χ3n) is 5.70. The summed E-state index contributed by atoms with van der Waals surface area (Å²) in [6.45, 7) is 0.683. The van der Waals surface area contributed by atoms with E-state index in [1.54, 1.807) is 48.3 Å². The number of hydrogen-bond donors (Lipinski definition) is 1. The number of hydrogen-bond acceptors (Lipinski definition) is 4. The molecule has 0 spiro atoms. The molecule has 4 aromatic rings. The highest BCUT2D eigenvalue weighted by Crippen LogP contribution is 2.29. The van der Waals surface area contributed by atoms with Gasteiger partial charge in [-0.15, -0.1) is 0 Å². The maximum atomic E-state index is 13.0. The van der Waals surface area contributed by atoms with Crippen LogP contribution >= 0.6 is 11.8 Å². The second kappa shape index (κ2) is 8.96. The van der Waals surface area contributed by atoms with Gasteiger partial charge in [0.15, 0.2) is 5.16 Å². The van der Waals surface area contributed by atoms with E-state index < -0.39 is 0 Å². The molecule has 3 aromatic carbocycles. The molecule has 2 amide bonds. The Hall–Kier alpha value is -3.84. The lowest BCUT2D eigenvalue weighted by molar-refractivity contribution is 0.0988. The molecule has 5 rings (SSSR count). The first-order valence-electron chi connectivity index (χ1n) is 10.6. The first kappa shape index (κ1) is 21.0. The first-order chi connectivity index (χ1) is 16.1. The molecule has 0 unspecified atom stereocenters. The Kier molecular flexibility index (Phi) is 5.71. The third-order valence-corrected chi connectivity index (χ3v) is 6.37. The highest BCUT2D eigenvalue weighted by atomic mass is 32.2. The summed E-state index contributed by atoms with van der Waals surface area (Å²) in [6, 6.07) is 22.4. The van der Waals surface area contributed by atoms with E-state index in [0.717, 1.165) is 23.0 Å². The number of benzene rings is 3. The number of rotatable bonds is 5. The van der Waals surface area contributed by atoms with Crippen molar-refractivity contribution in [1.82, 2.24) is 9.55 Å². The van der Waals surface area contributed by atoms with Crippen LogP contribution in [-0.4, -0.2) is 34.2 Å². The fourth-order valence-electron chi connectivity index (χ4n) is 4.04. The van der Waals surface area contributed by atoms with Gasteiger partial charge in [-0.2, -0.15) is 0 Å². The average molecular weight is 455 g/mol. The Labute approximate surface area is 196 Å². The summed E-state index contributed by atoms with van der Waals surface area (Å²) in [7, 11) is 0. The van der Waals surface area contributed by atoms with E-state index in [1.165, 1.54) is 5.56 Å². The summed E-state index contributed by atoms with van der Waals surface area (Å²) in [4.78, 5) is 32.0. The van der Waals surface area contributed by atoms with Crippen molar-refractivity contribution in [3.8, 4) is 5.69 Å². The van der Waals surface area contributed by atoms with Crippen molar-refractivity contribution in [3.05, 3.63) is 102 Å². The van der Waals surface area contributed by atoms with Gasteiger partial charge < -0.3 is 10.2 Å². The molecular formula is C26H22N4O2S. The molecule has 0 atom stereocenters. The van der Waals surface area contributed by atoms with E-state index in [0.29, 0.717) is 23.4 Å². The Balaban J connectivity index is 1.30. The quantitative estimate of drug-likeness (QED) is 0.429. The van der Waals surface area contributed by atoms with E-state index in [1.807, 2.05) is 58.3 Å². The zero-order valence-electron chi connectivity index (χ0n) is 18.1. The Morgan fingerprint density at radius 3 is 2.61 bits per heavy atom. The Morgan fingerprint density at radius 1 is 0.970 bits per heavy atom. The fraction of sp³-hybridized carbons (Fsp3) is 0.115. The number of aromatic nitrogens is 2. The topological polar surface area (TPSA) is 67.2 Å². The lowest BCUT2D eigenvalue weighted by Crippen LogP contribution is -2.28. The van der Waals surface area contributed by atoms with Gasteiger partial charge in [0.2, 0.25) is 0 Å². The largest absolute Gasteiger partial charge is 0.322 e. The monoisotopic (exact) mass is 454 g/mol. The molecule has 0 saturated carbocycles. The molecule has 1 aromatic heterocycles. The number of fused-ring (bicyclic) bond motifs is 1. The van der Waals surface area contributed by atoms with E-state index in [9.17, 15) is 9.59 Å². The number of nitrogens with one attached hydrogen (secondary N) is 1. The molecule has 6 nitrogen and oxygen atoms in total. The molecule has 164 valence electrons. The second-order valence-electron chi connectivity index (χ2n) is 7.70. The van der Waals surface area contributed by atoms with Gasteiger partial charge in [0.25, 0.3) is 11.8 Å². The van der Waals surface area contributed by atoms with Crippen LogP contribution in [0.2, 0.25) is 0 Å². The molecule has 0 fully saturated rings. The zero-order chi connectivity index (χ0) is 22.8. The smallest absolute Gasteiger partial charge is 0.258 e. The molecule has 0 bridgehead atoms. The predicted octanol–water partition coefficient (Wildman–Crippen LogP) is 5.05. The van der Waals surface area contributed by atoms with E-state index >= 15 is 0 Å². The van der Waals surface area contributed by atoms with Gasteiger partial charge in [0, 0.05) is 47.1 Å². The van der Waals surface area contributed by atoms with Gasteiger partial charge in [-0.05, 0) is 66.8 Å².